The maximum absolute atomic E-state index is 12.5. The topological polar surface area (TPSA) is 77.4 Å². The highest BCUT2D eigenvalue weighted by atomic mass is 32.2. The number of nitrogens with one attached hydrogen (secondary N) is 1. The number of hydrogen-bond donors (Lipinski definition) is 1. The summed E-state index contributed by atoms with van der Waals surface area (Å²) < 4.78 is 34.1. The third kappa shape index (κ3) is 2.95. The summed E-state index contributed by atoms with van der Waals surface area (Å²) in [5.41, 5.74) is 1.10. The van der Waals surface area contributed by atoms with Gasteiger partial charge >= 0.3 is 0 Å². The molecule has 3 rings (SSSR count). The van der Waals surface area contributed by atoms with E-state index in [0.717, 1.165) is 11.5 Å². The average Bonchev–Trinajstić information content (AvgIpc) is 2.81. The second-order valence-corrected chi connectivity index (χ2v) is 7.68. The van der Waals surface area contributed by atoms with Crippen molar-refractivity contribution in [3.05, 3.63) is 52.0 Å². The molecule has 6 nitrogen and oxygen atoms in total. The van der Waals surface area contributed by atoms with E-state index in [1.54, 1.807) is 41.3 Å². The van der Waals surface area contributed by atoms with E-state index in [4.69, 9.17) is 4.74 Å². The van der Waals surface area contributed by atoms with E-state index in [0.29, 0.717) is 22.3 Å². The molecule has 0 unspecified atom stereocenters. The van der Waals surface area contributed by atoms with Gasteiger partial charge in [-0.1, -0.05) is 6.07 Å². The summed E-state index contributed by atoms with van der Waals surface area (Å²) in [6.07, 6.45) is 0. The number of sulfonamides is 1. The monoisotopic (exact) mass is 350 g/mol. The Balaban J connectivity index is 2.02. The molecule has 1 aromatic heterocycles. The minimum atomic E-state index is -3.79. The normalized spacial score (nSPS) is 11.6. The van der Waals surface area contributed by atoms with Gasteiger partial charge in [-0.2, -0.15) is 0 Å². The molecule has 0 amide bonds. The molecule has 120 valence electrons. The lowest BCUT2D eigenvalue weighted by Gasteiger charge is -2.09. The standard InChI is InChI=1S/C15H14N2O4S2/c1-17-14-7-6-12(9-13(14)15(18)22-17)23(19,20)16-10-4-3-5-11(8-10)21-2/h3-9,16H,1-2H3. The van der Waals surface area contributed by atoms with Crippen molar-refractivity contribution in [1.82, 2.24) is 3.96 Å². The molecule has 1 heterocycles. The van der Waals surface area contributed by atoms with Gasteiger partial charge in [0.2, 0.25) is 0 Å². The first-order valence-electron chi connectivity index (χ1n) is 6.67. The summed E-state index contributed by atoms with van der Waals surface area (Å²) >= 11 is 1.04. The summed E-state index contributed by atoms with van der Waals surface area (Å²) in [7, 11) is -0.518. The number of hydrogen-bond acceptors (Lipinski definition) is 5. The predicted octanol–water partition coefficient (Wildman–Crippen LogP) is 2.41. The smallest absolute Gasteiger partial charge is 0.261 e. The fourth-order valence-corrected chi connectivity index (χ4v) is 4.09. The minimum Gasteiger partial charge on any atom is -0.497 e. The fraction of sp³-hybridized carbons (Fsp3) is 0.133. The molecule has 0 saturated heterocycles. The maximum atomic E-state index is 12.5. The second-order valence-electron chi connectivity index (χ2n) is 4.89. The van der Waals surface area contributed by atoms with Crippen LogP contribution in [0, 0.1) is 0 Å². The van der Waals surface area contributed by atoms with Crippen LogP contribution >= 0.6 is 11.5 Å². The molecule has 0 saturated carbocycles. The van der Waals surface area contributed by atoms with E-state index in [1.807, 2.05) is 0 Å². The number of ether oxygens (including phenoxy) is 1. The van der Waals surface area contributed by atoms with Gasteiger partial charge in [-0.25, -0.2) is 8.42 Å². The van der Waals surface area contributed by atoms with Crippen LogP contribution in [0.4, 0.5) is 5.69 Å². The SMILES string of the molecule is COc1cccc(NS(=O)(=O)c2ccc3c(c2)c(=O)sn3C)c1. The van der Waals surface area contributed by atoms with Gasteiger partial charge in [-0.05, 0) is 41.9 Å². The number of rotatable bonds is 4. The van der Waals surface area contributed by atoms with Gasteiger partial charge < -0.3 is 4.74 Å². The largest absolute Gasteiger partial charge is 0.497 e. The first kappa shape index (κ1) is 15.6. The van der Waals surface area contributed by atoms with E-state index < -0.39 is 10.0 Å². The number of benzene rings is 2. The number of aromatic nitrogens is 1. The van der Waals surface area contributed by atoms with E-state index in [-0.39, 0.29) is 9.64 Å². The molecule has 3 aromatic rings. The highest BCUT2D eigenvalue weighted by molar-refractivity contribution is 7.92. The zero-order chi connectivity index (χ0) is 16.6. The molecule has 23 heavy (non-hydrogen) atoms. The van der Waals surface area contributed by atoms with Crippen molar-refractivity contribution in [3.8, 4) is 5.75 Å². The van der Waals surface area contributed by atoms with Crippen LogP contribution < -0.4 is 14.2 Å². The van der Waals surface area contributed by atoms with Gasteiger partial charge in [0.25, 0.3) is 14.8 Å². The number of anilines is 1. The Bertz CT molecular complexity index is 1040. The van der Waals surface area contributed by atoms with E-state index in [2.05, 4.69) is 4.72 Å². The van der Waals surface area contributed by atoms with Crippen LogP contribution in [0.1, 0.15) is 0 Å². The molecule has 8 heteroatoms. The van der Waals surface area contributed by atoms with Gasteiger partial charge in [0.15, 0.2) is 0 Å². The van der Waals surface area contributed by atoms with Crippen molar-refractivity contribution < 1.29 is 13.2 Å². The lowest BCUT2D eigenvalue weighted by atomic mass is 10.2. The zero-order valence-corrected chi connectivity index (χ0v) is 14.1. The van der Waals surface area contributed by atoms with Gasteiger partial charge in [-0.15, -0.1) is 0 Å². The Labute approximate surface area is 137 Å². The second kappa shape index (κ2) is 5.71. The first-order valence-corrected chi connectivity index (χ1v) is 8.93. The molecule has 1 N–H and O–H groups in total. The van der Waals surface area contributed by atoms with Crippen LogP contribution in [0.2, 0.25) is 0 Å². The van der Waals surface area contributed by atoms with Crippen LogP contribution in [0.3, 0.4) is 0 Å². The fourth-order valence-electron chi connectivity index (χ4n) is 2.24. The third-order valence-corrected chi connectivity index (χ3v) is 5.61. The molecule has 2 aromatic carbocycles. The van der Waals surface area contributed by atoms with Crippen molar-refractivity contribution in [3.63, 3.8) is 0 Å². The average molecular weight is 350 g/mol. The molecule has 0 aliphatic heterocycles. The van der Waals surface area contributed by atoms with Crippen LogP contribution in [-0.2, 0) is 17.1 Å². The van der Waals surface area contributed by atoms with Crippen molar-refractivity contribution >= 4 is 38.1 Å². The van der Waals surface area contributed by atoms with Crippen molar-refractivity contribution in [2.75, 3.05) is 11.8 Å². The van der Waals surface area contributed by atoms with Gasteiger partial charge in [-0.3, -0.25) is 13.5 Å². The summed E-state index contributed by atoms with van der Waals surface area (Å²) in [5, 5.41) is 0.394. The summed E-state index contributed by atoms with van der Waals surface area (Å²) in [4.78, 5) is 11.9. The van der Waals surface area contributed by atoms with E-state index in [1.165, 1.54) is 19.2 Å². The quantitative estimate of drug-likeness (QED) is 0.784. The summed E-state index contributed by atoms with van der Waals surface area (Å²) in [5.74, 6) is 0.548. The minimum absolute atomic E-state index is 0.0447. The first-order chi connectivity index (χ1) is 10.9. The Hall–Kier alpha value is -2.32. The number of nitrogens with zero attached hydrogens (tertiary/aromatic N) is 1. The molecule has 0 spiro atoms. The molecule has 0 radical (unpaired) electrons. The van der Waals surface area contributed by atoms with Gasteiger partial charge in [0, 0.05) is 13.1 Å². The van der Waals surface area contributed by atoms with Crippen molar-refractivity contribution in [2.45, 2.75) is 4.90 Å². The zero-order valence-electron chi connectivity index (χ0n) is 12.4. The number of fused-ring (bicyclic) bond motifs is 1. The summed E-state index contributed by atoms with van der Waals surface area (Å²) in [6.45, 7) is 0. The van der Waals surface area contributed by atoms with Crippen LogP contribution in [0.15, 0.2) is 52.2 Å². The van der Waals surface area contributed by atoms with Crippen LogP contribution in [0.5, 0.6) is 5.75 Å². The Morgan fingerprint density at radius 3 is 2.70 bits per heavy atom. The molecular weight excluding hydrogens is 336 g/mol. The number of methoxy groups -OCH3 is 1. The molecule has 0 aliphatic rings. The Morgan fingerprint density at radius 2 is 1.96 bits per heavy atom. The molecule has 0 aliphatic carbocycles. The molecule has 0 atom stereocenters. The maximum Gasteiger partial charge on any atom is 0.261 e. The van der Waals surface area contributed by atoms with Crippen molar-refractivity contribution in [1.29, 1.82) is 0 Å². The molecule has 0 bridgehead atoms. The Kier molecular flexibility index (Phi) is 3.87. The highest BCUT2D eigenvalue weighted by Gasteiger charge is 2.17. The van der Waals surface area contributed by atoms with E-state index >= 15 is 0 Å². The number of aryl methyl sites for hydroxylation is 1. The lowest BCUT2D eigenvalue weighted by molar-refractivity contribution is 0.415. The van der Waals surface area contributed by atoms with Crippen LogP contribution in [-0.4, -0.2) is 19.5 Å². The Morgan fingerprint density at radius 1 is 1.17 bits per heavy atom. The van der Waals surface area contributed by atoms with Gasteiger partial charge in [0.1, 0.15) is 5.75 Å². The molecule has 0 fully saturated rings. The third-order valence-electron chi connectivity index (χ3n) is 3.38. The predicted molar refractivity (Wildman–Crippen MR) is 90.9 cm³/mol. The van der Waals surface area contributed by atoms with E-state index in [9.17, 15) is 13.2 Å². The lowest BCUT2D eigenvalue weighted by Crippen LogP contribution is -2.13. The molecular formula is C15H14N2O4S2. The van der Waals surface area contributed by atoms with Crippen LogP contribution in [0.25, 0.3) is 10.9 Å². The van der Waals surface area contributed by atoms with Crippen molar-refractivity contribution in [2.24, 2.45) is 7.05 Å². The summed E-state index contributed by atoms with van der Waals surface area (Å²) in [6, 6.07) is 11.1. The van der Waals surface area contributed by atoms with Gasteiger partial charge in [0.05, 0.1) is 28.6 Å². The highest BCUT2D eigenvalue weighted by Crippen LogP contribution is 2.23.